The van der Waals surface area contributed by atoms with E-state index in [9.17, 15) is 5.11 Å². The molecule has 0 amide bonds. The average Bonchev–Trinajstić information content (AvgIpc) is 2.39. The molecule has 2 rings (SSSR count). The van der Waals surface area contributed by atoms with Gasteiger partial charge in [0.25, 0.3) is 0 Å². The van der Waals surface area contributed by atoms with Crippen molar-refractivity contribution in [2.24, 2.45) is 0 Å². The van der Waals surface area contributed by atoms with Crippen LogP contribution >= 0.6 is 0 Å². The van der Waals surface area contributed by atoms with Crippen LogP contribution in [-0.4, -0.2) is 11.2 Å². The fourth-order valence-corrected chi connectivity index (χ4v) is 1.91. The Morgan fingerprint density at radius 3 is 2.77 bits per heavy atom. The maximum absolute atomic E-state index is 10.2. The first-order valence-electron chi connectivity index (χ1n) is 4.64. The van der Waals surface area contributed by atoms with Gasteiger partial charge in [-0.1, -0.05) is 25.1 Å². The number of hydrogen-bond donors (Lipinski definition) is 1. The number of para-hydroxylation sites is 1. The van der Waals surface area contributed by atoms with Gasteiger partial charge in [-0.25, -0.2) is 0 Å². The molecule has 0 bridgehead atoms. The van der Waals surface area contributed by atoms with E-state index in [1.807, 2.05) is 38.1 Å². The summed E-state index contributed by atoms with van der Waals surface area (Å²) < 4.78 is 5.62. The topological polar surface area (TPSA) is 29.5 Å². The van der Waals surface area contributed by atoms with Crippen molar-refractivity contribution in [2.45, 2.75) is 32.0 Å². The minimum atomic E-state index is -0.828. The van der Waals surface area contributed by atoms with Crippen LogP contribution in [0.3, 0.4) is 0 Å². The van der Waals surface area contributed by atoms with Crippen molar-refractivity contribution < 1.29 is 9.84 Å². The fourth-order valence-electron chi connectivity index (χ4n) is 1.91. The molecule has 1 aromatic carbocycles. The first-order chi connectivity index (χ1) is 6.16. The monoisotopic (exact) mass is 178 g/mol. The summed E-state index contributed by atoms with van der Waals surface area (Å²) >= 11 is 0. The molecular weight excluding hydrogens is 164 g/mol. The second-order valence-corrected chi connectivity index (χ2v) is 3.66. The van der Waals surface area contributed by atoms with Crippen molar-refractivity contribution in [1.82, 2.24) is 0 Å². The highest BCUT2D eigenvalue weighted by atomic mass is 16.5. The summed E-state index contributed by atoms with van der Waals surface area (Å²) in [6, 6.07) is 7.67. The molecule has 2 heteroatoms. The zero-order chi connectivity index (χ0) is 9.47. The van der Waals surface area contributed by atoms with E-state index < -0.39 is 5.60 Å². The molecule has 2 atom stereocenters. The predicted octanol–water partition coefficient (Wildman–Crippen LogP) is 2.07. The van der Waals surface area contributed by atoms with Gasteiger partial charge in [0.05, 0.1) is 0 Å². The van der Waals surface area contributed by atoms with Crippen molar-refractivity contribution in [2.75, 3.05) is 0 Å². The van der Waals surface area contributed by atoms with E-state index in [0.29, 0.717) is 0 Å². The second-order valence-electron chi connectivity index (χ2n) is 3.66. The molecule has 2 nitrogen and oxygen atoms in total. The molecule has 0 fully saturated rings. The standard InChI is InChI=1S/C11H14O2/c1-3-10-11(2,12)8-6-4-5-7-9(8)13-10/h4-7,10,12H,3H2,1-2H3/t10-,11+/m0/s1. The molecule has 1 aliphatic heterocycles. The highest BCUT2D eigenvalue weighted by Gasteiger charge is 2.42. The minimum Gasteiger partial charge on any atom is -0.487 e. The van der Waals surface area contributed by atoms with Crippen molar-refractivity contribution >= 4 is 0 Å². The van der Waals surface area contributed by atoms with Gasteiger partial charge < -0.3 is 9.84 Å². The van der Waals surface area contributed by atoms with E-state index in [2.05, 4.69) is 0 Å². The maximum atomic E-state index is 10.2. The summed E-state index contributed by atoms with van der Waals surface area (Å²) in [5, 5.41) is 10.2. The minimum absolute atomic E-state index is 0.107. The van der Waals surface area contributed by atoms with Crippen molar-refractivity contribution in [3.05, 3.63) is 29.8 Å². The Bertz CT molecular complexity index is 318. The second kappa shape index (κ2) is 2.74. The normalized spacial score (nSPS) is 31.2. The van der Waals surface area contributed by atoms with Gasteiger partial charge in [-0.3, -0.25) is 0 Å². The van der Waals surface area contributed by atoms with Crippen LogP contribution in [0.4, 0.5) is 0 Å². The van der Waals surface area contributed by atoms with Gasteiger partial charge in [0, 0.05) is 5.56 Å². The molecule has 70 valence electrons. The summed E-state index contributed by atoms with van der Waals surface area (Å²) in [6.07, 6.45) is 0.715. The van der Waals surface area contributed by atoms with E-state index in [1.54, 1.807) is 0 Å². The highest BCUT2D eigenvalue weighted by molar-refractivity contribution is 5.42. The van der Waals surface area contributed by atoms with Gasteiger partial charge in [0.2, 0.25) is 0 Å². The van der Waals surface area contributed by atoms with E-state index in [-0.39, 0.29) is 6.10 Å². The Morgan fingerprint density at radius 2 is 2.15 bits per heavy atom. The lowest BCUT2D eigenvalue weighted by Gasteiger charge is -2.23. The summed E-state index contributed by atoms with van der Waals surface area (Å²) in [5.41, 5.74) is 0.0765. The molecular formula is C11H14O2. The lowest BCUT2D eigenvalue weighted by atomic mass is 9.91. The van der Waals surface area contributed by atoms with Crippen LogP contribution in [0.25, 0.3) is 0 Å². The van der Waals surface area contributed by atoms with Gasteiger partial charge in [0.15, 0.2) is 0 Å². The molecule has 1 aromatic rings. The average molecular weight is 178 g/mol. The lowest BCUT2D eigenvalue weighted by molar-refractivity contribution is -0.0258. The molecule has 0 spiro atoms. The molecule has 1 N–H and O–H groups in total. The smallest absolute Gasteiger partial charge is 0.131 e. The molecule has 0 aliphatic carbocycles. The van der Waals surface area contributed by atoms with Gasteiger partial charge in [0.1, 0.15) is 17.5 Å². The summed E-state index contributed by atoms with van der Waals surface area (Å²) in [5.74, 6) is 0.819. The quantitative estimate of drug-likeness (QED) is 0.713. The molecule has 1 heterocycles. The van der Waals surface area contributed by atoms with Crippen molar-refractivity contribution in [3.63, 3.8) is 0 Å². The van der Waals surface area contributed by atoms with Crippen LogP contribution in [0, 0.1) is 0 Å². The lowest BCUT2D eigenvalue weighted by Crippen LogP contribution is -2.34. The SMILES string of the molecule is CC[C@@H]1Oc2ccccc2[C@@]1(C)O. The Labute approximate surface area is 78.2 Å². The highest BCUT2D eigenvalue weighted by Crippen LogP contribution is 2.41. The first-order valence-corrected chi connectivity index (χ1v) is 4.64. The van der Waals surface area contributed by atoms with E-state index in [4.69, 9.17) is 4.74 Å². The van der Waals surface area contributed by atoms with Crippen molar-refractivity contribution in [1.29, 1.82) is 0 Å². The zero-order valence-corrected chi connectivity index (χ0v) is 7.95. The van der Waals surface area contributed by atoms with E-state index in [0.717, 1.165) is 17.7 Å². The third-order valence-corrected chi connectivity index (χ3v) is 2.70. The van der Waals surface area contributed by atoms with Crippen LogP contribution in [0.2, 0.25) is 0 Å². The fraction of sp³-hybridized carbons (Fsp3) is 0.455. The maximum Gasteiger partial charge on any atom is 0.131 e. The number of rotatable bonds is 1. The van der Waals surface area contributed by atoms with Crippen LogP contribution < -0.4 is 4.74 Å². The van der Waals surface area contributed by atoms with Crippen LogP contribution in [0.1, 0.15) is 25.8 Å². The largest absolute Gasteiger partial charge is 0.487 e. The predicted molar refractivity (Wildman–Crippen MR) is 50.7 cm³/mol. The third kappa shape index (κ3) is 1.13. The van der Waals surface area contributed by atoms with Crippen LogP contribution in [0.5, 0.6) is 5.75 Å². The summed E-state index contributed by atoms with van der Waals surface area (Å²) in [7, 11) is 0. The Kier molecular flexibility index (Phi) is 1.81. The first kappa shape index (κ1) is 8.57. The van der Waals surface area contributed by atoms with Gasteiger partial charge >= 0.3 is 0 Å². The van der Waals surface area contributed by atoms with E-state index in [1.165, 1.54) is 0 Å². The number of ether oxygens (including phenoxy) is 1. The Morgan fingerprint density at radius 1 is 1.46 bits per heavy atom. The molecule has 0 unspecified atom stereocenters. The number of benzene rings is 1. The molecule has 0 aromatic heterocycles. The van der Waals surface area contributed by atoms with Crippen LogP contribution in [0.15, 0.2) is 24.3 Å². The third-order valence-electron chi connectivity index (χ3n) is 2.70. The zero-order valence-electron chi connectivity index (χ0n) is 7.95. The molecule has 0 radical (unpaired) electrons. The number of fused-ring (bicyclic) bond motifs is 1. The Balaban J connectivity index is 2.47. The van der Waals surface area contributed by atoms with Crippen LogP contribution in [-0.2, 0) is 5.60 Å². The Hall–Kier alpha value is -1.02. The van der Waals surface area contributed by atoms with E-state index >= 15 is 0 Å². The summed E-state index contributed by atoms with van der Waals surface area (Å²) in [6.45, 7) is 3.83. The number of aliphatic hydroxyl groups is 1. The van der Waals surface area contributed by atoms with Gasteiger partial charge in [-0.05, 0) is 19.4 Å². The van der Waals surface area contributed by atoms with Crippen molar-refractivity contribution in [3.8, 4) is 5.75 Å². The molecule has 0 saturated heterocycles. The van der Waals surface area contributed by atoms with Gasteiger partial charge in [-0.15, -0.1) is 0 Å². The molecule has 13 heavy (non-hydrogen) atoms. The molecule has 0 saturated carbocycles. The van der Waals surface area contributed by atoms with Gasteiger partial charge in [-0.2, -0.15) is 0 Å². The summed E-state index contributed by atoms with van der Waals surface area (Å²) in [4.78, 5) is 0. The molecule has 1 aliphatic rings. The number of hydrogen-bond acceptors (Lipinski definition) is 2.